The van der Waals surface area contributed by atoms with Crippen molar-refractivity contribution in [2.24, 2.45) is 0 Å². The fourth-order valence-corrected chi connectivity index (χ4v) is 1.68. The Kier molecular flexibility index (Phi) is 6.64. The van der Waals surface area contributed by atoms with Crippen LogP contribution in [0.2, 0.25) is 0 Å². The Morgan fingerprint density at radius 1 is 1.20 bits per heavy atom. The summed E-state index contributed by atoms with van der Waals surface area (Å²) in [5.74, 6) is 1.31. The number of carbonyl (C=O) groups is 1. The van der Waals surface area contributed by atoms with Gasteiger partial charge in [0, 0.05) is 12.1 Å². The zero-order valence-corrected chi connectivity index (χ0v) is 12.6. The van der Waals surface area contributed by atoms with Gasteiger partial charge in [-0.25, -0.2) is 0 Å². The van der Waals surface area contributed by atoms with Gasteiger partial charge in [0.15, 0.2) is 11.5 Å². The van der Waals surface area contributed by atoms with Crippen LogP contribution in [0.3, 0.4) is 0 Å². The van der Waals surface area contributed by atoms with Crippen LogP contribution in [0, 0.1) is 0 Å². The Hall–Kier alpha value is -1.97. The summed E-state index contributed by atoms with van der Waals surface area (Å²) in [6.07, 6.45) is 3.28. The minimum absolute atomic E-state index is 0.105. The molecule has 1 N–H and O–H groups in total. The van der Waals surface area contributed by atoms with Crippen LogP contribution >= 0.6 is 0 Å². The smallest absolute Gasteiger partial charge is 0.244 e. The third-order valence-electron chi connectivity index (χ3n) is 2.43. The van der Waals surface area contributed by atoms with E-state index < -0.39 is 0 Å². The SMILES string of the molecule is CCOc1ccc(C=CC(=O)NC(C)C)cc1OCC. The predicted octanol–water partition coefficient (Wildman–Crippen LogP) is 3.02. The minimum atomic E-state index is -0.105. The molecule has 4 nitrogen and oxygen atoms in total. The van der Waals surface area contributed by atoms with E-state index in [0.29, 0.717) is 19.0 Å². The topological polar surface area (TPSA) is 47.6 Å². The van der Waals surface area contributed by atoms with Crippen LogP contribution in [-0.4, -0.2) is 25.2 Å². The first-order chi connectivity index (χ1) is 9.56. The standard InChI is InChI=1S/C16H23NO3/c1-5-19-14-9-7-13(11-15(14)20-6-2)8-10-16(18)17-12(3)4/h7-12H,5-6H2,1-4H3,(H,17,18). The van der Waals surface area contributed by atoms with Crippen molar-refractivity contribution in [1.29, 1.82) is 0 Å². The molecule has 1 aromatic rings. The van der Waals surface area contributed by atoms with Gasteiger partial charge < -0.3 is 14.8 Å². The number of ether oxygens (including phenoxy) is 2. The molecule has 0 heterocycles. The number of hydrogen-bond acceptors (Lipinski definition) is 3. The maximum atomic E-state index is 11.6. The maximum absolute atomic E-state index is 11.6. The molecule has 0 spiro atoms. The summed E-state index contributed by atoms with van der Waals surface area (Å²) in [5.41, 5.74) is 0.899. The lowest BCUT2D eigenvalue weighted by Gasteiger charge is -2.11. The molecule has 20 heavy (non-hydrogen) atoms. The molecule has 0 atom stereocenters. The van der Waals surface area contributed by atoms with Gasteiger partial charge in [-0.15, -0.1) is 0 Å². The molecular weight excluding hydrogens is 254 g/mol. The van der Waals surface area contributed by atoms with Gasteiger partial charge in [-0.3, -0.25) is 4.79 Å². The van der Waals surface area contributed by atoms with Crippen molar-refractivity contribution in [2.45, 2.75) is 33.7 Å². The van der Waals surface area contributed by atoms with Crippen LogP contribution in [0.4, 0.5) is 0 Å². The highest BCUT2D eigenvalue weighted by Crippen LogP contribution is 2.28. The van der Waals surface area contributed by atoms with E-state index in [1.165, 1.54) is 6.08 Å². The molecule has 4 heteroatoms. The fraction of sp³-hybridized carbons (Fsp3) is 0.438. The maximum Gasteiger partial charge on any atom is 0.244 e. The molecule has 1 rings (SSSR count). The van der Waals surface area contributed by atoms with Crippen LogP contribution in [0.1, 0.15) is 33.3 Å². The molecule has 1 amide bonds. The molecule has 0 aromatic heterocycles. The normalized spacial score (nSPS) is 10.8. The average molecular weight is 277 g/mol. The molecule has 0 fully saturated rings. The van der Waals surface area contributed by atoms with Crippen molar-refractivity contribution in [3.63, 3.8) is 0 Å². The first-order valence-electron chi connectivity index (χ1n) is 6.95. The molecule has 0 saturated heterocycles. The monoisotopic (exact) mass is 277 g/mol. The highest BCUT2D eigenvalue weighted by Gasteiger charge is 2.05. The van der Waals surface area contributed by atoms with Gasteiger partial charge in [-0.2, -0.15) is 0 Å². The minimum Gasteiger partial charge on any atom is -0.490 e. The van der Waals surface area contributed by atoms with E-state index in [2.05, 4.69) is 5.32 Å². The van der Waals surface area contributed by atoms with Crippen molar-refractivity contribution >= 4 is 12.0 Å². The first kappa shape index (κ1) is 16.1. The Balaban J connectivity index is 2.83. The zero-order chi connectivity index (χ0) is 15.0. The van der Waals surface area contributed by atoms with Crippen molar-refractivity contribution in [1.82, 2.24) is 5.32 Å². The van der Waals surface area contributed by atoms with E-state index in [1.54, 1.807) is 6.08 Å². The fourth-order valence-electron chi connectivity index (χ4n) is 1.68. The largest absolute Gasteiger partial charge is 0.490 e. The van der Waals surface area contributed by atoms with Crippen LogP contribution in [0.5, 0.6) is 11.5 Å². The number of rotatable bonds is 7. The second-order valence-electron chi connectivity index (χ2n) is 4.57. The van der Waals surface area contributed by atoms with E-state index in [9.17, 15) is 4.79 Å². The van der Waals surface area contributed by atoms with Gasteiger partial charge in [-0.05, 0) is 51.5 Å². The zero-order valence-electron chi connectivity index (χ0n) is 12.6. The van der Waals surface area contributed by atoms with Gasteiger partial charge in [0.05, 0.1) is 13.2 Å². The van der Waals surface area contributed by atoms with E-state index in [-0.39, 0.29) is 11.9 Å². The van der Waals surface area contributed by atoms with Crippen LogP contribution in [0.25, 0.3) is 6.08 Å². The molecule has 110 valence electrons. The lowest BCUT2D eigenvalue weighted by molar-refractivity contribution is -0.116. The first-order valence-corrected chi connectivity index (χ1v) is 6.95. The molecule has 0 saturated carbocycles. The third kappa shape index (κ3) is 5.34. The Morgan fingerprint density at radius 3 is 2.45 bits per heavy atom. The Bertz CT molecular complexity index is 467. The Labute approximate surface area is 120 Å². The van der Waals surface area contributed by atoms with Gasteiger partial charge in [-0.1, -0.05) is 6.07 Å². The van der Waals surface area contributed by atoms with E-state index in [4.69, 9.17) is 9.47 Å². The van der Waals surface area contributed by atoms with Crippen molar-refractivity contribution in [3.05, 3.63) is 29.8 Å². The van der Waals surface area contributed by atoms with Crippen molar-refractivity contribution < 1.29 is 14.3 Å². The number of amides is 1. The van der Waals surface area contributed by atoms with Gasteiger partial charge in [0.1, 0.15) is 0 Å². The predicted molar refractivity (Wildman–Crippen MR) is 81.1 cm³/mol. The molecule has 0 aliphatic rings. The molecule has 0 aliphatic carbocycles. The van der Waals surface area contributed by atoms with E-state index in [1.807, 2.05) is 45.9 Å². The summed E-state index contributed by atoms with van der Waals surface area (Å²) < 4.78 is 11.0. The number of nitrogens with one attached hydrogen (secondary N) is 1. The molecular formula is C16H23NO3. The number of hydrogen-bond donors (Lipinski definition) is 1. The lowest BCUT2D eigenvalue weighted by atomic mass is 10.2. The highest BCUT2D eigenvalue weighted by molar-refractivity contribution is 5.91. The summed E-state index contributed by atoms with van der Waals surface area (Å²) in [6, 6.07) is 5.75. The average Bonchev–Trinajstić information content (AvgIpc) is 2.39. The van der Waals surface area contributed by atoms with E-state index >= 15 is 0 Å². The van der Waals surface area contributed by atoms with Crippen molar-refractivity contribution in [2.75, 3.05) is 13.2 Å². The summed E-state index contributed by atoms with van der Waals surface area (Å²) in [4.78, 5) is 11.6. The van der Waals surface area contributed by atoms with Crippen LogP contribution in [-0.2, 0) is 4.79 Å². The van der Waals surface area contributed by atoms with Gasteiger partial charge in [0.2, 0.25) is 5.91 Å². The van der Waals surface area contributed by atoms with Crippen LogP contribution in [0.15, 0.2) is 24.3 Å². The molecule has 0 aliphatic heterocycles. The second-order valence-corrected chi connectivity index (χ2v) is 4.57. The second kappa shape index (κ2) is 8.25. The third-order valence-corrected chi connectivity index (χ3v) is 2.43. The van der Waals surface area contributed by atoms with Crippen LogP contribution < -0.4 is 14.8 Å². The van der Waals surface area contributed by atoms with Gasteiger partial charge >= 0.3 is 0 Å². The lowest BCUT2D eigenvalue weighted by Crippen LogP contribution is -2.28. The molecule has 1 aromatic carbocycles. The molecule has 0 unspecified atom stereocenters. The summed E-state index contributed by atoms with van der Waals surface area (Å²) in [5, 5.41) is 2.80. The summed E-state index contributed by atoms with van der Waals surface area (Å²) in [7, 11) is 0. The molecule has 0 bridgehead atoms. The molecule has 0 radical (unpaired) electrons. The summed E-state index contributed by atoms with van der Waals surface area (Å²) in [6.45, 7) is 8.87. The highest BCUT2D eigenvalue weighted by atomic mass is 16.5. The van der Waals surface area contributed by atoms with Crippen molar-refractivity contribution in [3.8, 4) is 11.5 Å². The quantitative estimate of drug-likeness (QED) is 0.779. The number of carbonyl (C=O) groups excluding carboxylic acids is 1. The summed E-state index contributed by atoms with van der Waals surface area (Å²) >= 11 is 0. The number of benzene rings is 1. The van der Waals surface area contributed by atoms with E-state index in [0.717, 1.165) is 11.3 Å². The Morgan fingerprint density at radius 2 is 1.85 bits per heavy atom. The van der Waals surface area contributed by atoms with Gasteiger partial charge in [0.25, 0.3) is 0 Å².